The van der Waals surface area contributed by atoms with E-state index in [2.05, 4.69) is 4.98 Å². The summed E-state index contributed by atoms with van der Waals surface area (Å²) in [5, 5.41) is 9.11. The number of carboxylic acid groups (broad SMARTS) is 1. The number of rotatable bonds is 4. The molecule has 0 aliphatic heterocycles. The van der Waals surface area contributed by atoms with Crippen LogP contribution >= 0.6 is 0 Å². The number of hydrogen-bond donors (Lipinski definition) is 2. The normalized spacial score (nSPS) is 10.5. The molecule has 6 nitrogen and oxygen atoms in total. The van der Waals surface area contributed by atoms with E-state index in [1.807, 2.05) is 31.1 Å². The van der Waals surface area contributed by atoms with Gasteiger partial charge in [0.2, 0.25) is 5.89 Å². The van der Waals surface area contributed by atoms with Crippen LogP contribution in [-0.2, 0) is 6.54 Å². The Hall–Kier alpha value is -2.34. The molecule has 1 aromatic carbocycles. The zero-order chi connectivity index (χ0) is 14.0. The molecule has 0 spiro atoms. The van der Waals surface area contributed by atoms with Crippen LogP contribution in [0.5, 0.6) is 0 Å². The lowest BCUT2D eigenvalue weighted by atomic mass is 10.1. The lowest BCUT2D eigenvalue weighted by Crippen LogP contribution is -2.08. The number of oxazole rings is 1. The van der Waals surface area contributed by atoms with Crippen molar-refractivity contribution < 1.29 is 14.3 Å². The molecule has 0 saturated carbocycles. The number of carboxylic acids is 1. The lowest BCUT2D eigenvalue weighted by molar-refractivity contribution is 0.0691. The summed E-state index contributed by atoms with van der Waals surface area (Å²) in [6, 6.07) is 7.35. The zero-order valence-corrected chi connectivity index (χ0v) is 10.8. The predicted octanol–water partition coefficient (Wildman–Crippen LogP) is 1.56. The lowest BCUT2D eigenvalue weighted by Gasteiger charge is -2.12. The molecule has 2 rings (SSSR count). The first-order valence-corrected chi connectivity index (χ1v) is 5.73. The van der Waals surface area contributed by atoms with Crippen molar-refractivity contribution in [1.29, 1.82) is 0 Å². The molecule has 0 unspecified atom stereocenters. The summed E-state index contributed by atoms with van der Waals surface area (Å²) in [4.78, 5) is 16.9. The molecule has 6 heteroatoms. The summed E-state index contributed by atoms with van der Waals surface area (Å²) < 4.78 is 5.38. The van der Waals surface area contributed by atoms with Gasteiger partial charge in [0.05, 0.1) is 6.54 Å². The highest BCUT2D eigenvalue weighted by atomic mass is 16.4. The topological polar surface area (TPSA) is 92.6 Å². The highest BCUT2D eigenvalue weighted by Crippen LogP contribution is 2.26. The van der Waals surface area contributed by atoms with Gasteiger partial charge in [-0.25, -0.2) is 9.78 Å². The maximum atomic E-state index is 11.1. The Morgan fingerprint density at radius 2 is 2.00 bits per heavy atom. The third-order valence-corrected chi connectivity index (χ3v) is 2.69. The smallest absolute Gasteiger partial charge is 0.358 e. The van der Waals surface area contributed by atoms with Crippen molar-refractivity contribution in [1.82, 2.24) is 4.98 Å². The summed E-state index contributed by atoms with van der Waals surface area (Å²) in [6.07, 6.45) is 0. The second kappa shape index (κ2) is 5.11. The summed E-state index contributed by atoms with van der Waals surface area (Å²) >= 11 is 0. The SMILES string of the molecule is CN(C)c1ccc(-c2oc(CN)nc2C(=O)O)cc1. The van der Waals surface area contributed by atoms with E-state index < -0.39 is 5.97 Å². The second-order valence-electron chi connectivity index (χ2n) is 4.24. The van der Waals surface area contributed by atoms with E-state index >= 15 is 0 Å². The molecule has 3 N–H and O–H groups in total. The maximum absolute atomic E-state index is 11.1. The van der Waals surface area contributed by atoms with Gasteiger partial charge < -0.3 is 20.2 Å². The fourth-order valence-corrected chi connectivity index (χ4v) is 1.70. The molecule has 19 heavy (non-hydrogen) atoms. The molecule has 0 radical (unpaired) electrons. The molecular formula is C13H15N3O3. The van der Waals surface area contributed by atoms with Crippen molar-refractivity contribution >= 4 is 11.7 Å². The molecule has 0 fully saturated rings. The fraction of sp³-hybridized carbons (Fsp3) is 0.231. The fourth-order valence-electron chi connectivity index (χ4n) is 1.70. The Morgan fingerprint density at radius 3 is 2.47 bits per heavy atom. The molecule has 1 aromatic heterocycles. The van der Waals surface area contributed by atoms with Crippen LogP contribution in [0, 0.1) is 0 Å². The van der Waals surface area contributed by atoms with Crippen molar-refractivity contribution in [2.45, 2.75) is 6.54 Å². The second-order valence-corrected chi connectivity index (χ2v) is 4.24. The summed E-state index contributed by atoms with van der Waals surface area (Å²) in [5.74, 6) is -0.683. The van der Waals surface area contributed by atoms with Crippen molar-refractivity contribution in [2.75, 3.05) is 19.0 Å². The molecule has 0 atom stereocenters. The number of aromatic carboxylic acids is 1. The van der Waals surface area contributed by atoms with E-state index in [4.69, 9.17) is 15.3 Å². The van der Waals surface area contributed by atoms with Crippen LogP contribution in [0.15, 0.2) is 28.7 Å². The van der Waals surface area contributed by atoms with Gasteiger partial charge >= 0.3 is 5.97 Å². The van der Waals surface area contributed by atoms with Gasteiger partial charge in [0.15, 0.2) is 11.5 Å². The molecule has 0 bridgehead atoms. The van der Waals surface area contributed by atoms with Crippen molar-refractivity contribution in [2.24, 2.45) is 5.73 Å². The molecule has 0 aliphatic carbocycles. The van der Waals surface area contributed by atoms with Gasteiger partial charge in [-0.05, 0) is 24.3 Å². The number of aromatic nitrogens is 1. The van der Waals surface area contributed by atoms with Gasteiger partial charge in [0.1, 0.15) is 0 Å². The molecular weight excluding hydrogens is 246 g/mol. The summed E-state index contributed by atoms with van der Waals surface area (Å²) in [7, 11) is 3.86. The molecule has 2 aromatic rings. The number of anilines is 1. The third-order valence-electron chi connectivity index (χ3n) is 2.69. The first-order chi connectivity index (χ1) is 9.02. The minimum atomic E-state index is -1.13. The minimum Gasteiger partial charge on any atom is -0.476 e. The van der Waals surface area contributed by atoms with E-state index in [1.165, 1.54) is 0 Å². The largest absolute Gasteiger partial charge is 0.476 e. The third kappa shape index (κ3) is 2.58. The van der Waals surface area contributed by atoms with E-state index in [1.54, 1.807) is 12.1 Å². The van der Waals surface area contributed by atoms with Crippen LogP contribution in [0.1, 0.15) is 16.4 Å². The Balaban J connectivity index is 2.45. The molecule has 0 aliphatic rings. The van der Waals surface area contributed by atoms with Gasteiger partial charge in [0.25, 0.3) is 0 Å². The maximum Gasteiger partial charge on any atom is 0.358 e. The quantitative estimate of drug-likeness (QED) is 0.867. The molecule has 0 amide bonds. The number of carbonyl (C=O) groups is 1. The Morgan fingerprint density at radius 1 is 1.37 bits per heavy atom. The van der Waals surface area contributed by atoms with Gasteiger partial charge in [-0.15, -0.1) is 0 Å². The number of nitrogens with two attached hydrogens (primary N) is 1. The van der Waals surface area contributed by atoms with Crippen molar-refractivity contribution in [3.63, 3.8) is 0 Å². The average Bonchev–Trinajstić information content (AvgIpc) is 2.83. The van der Waals surface area contributed by atoms with Crippen LogP contribution in [0.2, 0.25) is 0 Å². The van der Waals surface area contributed by atoms with Gasteiger partial charge in [-0.3, -0.25) is 0 Å². The van der Waals surface area contributed by atoms with E-state index in [0.29, 0.717) is 5.56 Å². The first kappa shape index (κ1) is 13.1. The van der Waals surface area contributed by atoms with Crippen LogP contribution < -0.4 is 10.6 Å². The van der Waals surface area contributed by atoms with Crippen LogP contribution in [0.3, 0.4) is 0 Å². The Labute approximate surface area is 110 Å². The number of benzene rings is 1. The van der Waals surface area contributed by atoms with E-state index in [-0.39, 0.29) is 23.9 Å². The summed E-state index contributed by atoms with van der Waals surface area (Å²) in [6.45, 7) is 0.0655. The molecule has 100 valence electrons. The summed E-state index contributed by atoms with van der Waals surface area (Å²) in [5.41, 5.74) is 6.98. The van der Waals surface area contributed by atoms with Gasteiger partial charge in [-0.2, -0.15) is 0 Å². The van der Waals surface area contributed by atoms with Crippen LogP contribution in [-0.4, -0.2) is 30.2 Å². The molecule has 0 saturated heterocycles. The number of nitrogens with zero attached hydrogens (tertiary/aromatic N) is 2. The highest BCUT2D eigenvalue weighted by molar-refractivity contribution is 5.92. The van der Waals surface area contributed by atoms with E-state index in [9.17, 15) is 4.79 Å². The van der Waals surface area contributed by atoms with Crippen LogP contribution in [0.25, 0.3) is 11.3 Å². The standard InChI is InChI=1S/C13H15N3O3/c1-16(2)9-5-3-8(4-6-9)12-11(13(17)18)15-10(7-14)19-12/h3-6H,7,14H2,1-2H3,(H,17,18). The monoisotopic (exact) mass is 261 g/mol. The zero-order valence-electron chi connectivity index (χ0n) is 10.8. The van der Waals surface area contributed by atoms with Crippen LogP contribution in [0.4, 0.5) is 5.69 Å². The molecule has 1 heterocycles. The first-order valence-electron chi connectivity index (χ1n) is 5.73. The van der Waals surface area contributed by atoms with Gasteiger partial charge in [-0.1, -0.05) is 0 Å². The average molecular weight is 261 g/mol. The predicted molar refractivity (Wildman–Crippen MR) is 71.1 cm³/mol. The van der Waals surface area contributed by atoms with Crippen molar-refractivity contribution in [3.8, 4) is 11.3 Å². The minimum absolute atomic E-state index is 0.0655. The van der Waals surface area contributed by atoms with Crippen molar-refractivity contribution in [3.05, 3.63) is 35.9 Å². The Kier molecular flexibility index (Phi) is 3.52. The van der Waals surface area contributed by atoms with Gasteiger partial charge in [0, 0.05) is 25.3 Å². The van der Waals surface area contributed by atoms with E-state index in [0.717, 1.165) is 5.69 Å². The highest BCUT2D eigenvalue weighted by Gasteiger charge is 2.20. The number of hydrogen-bond acceptors (Lipinski definition) is 5. The Bertz CT molecular complexity index is 588.